The van der Waals surface area contributed by atoms with Crippen molar-refractivity contribution in [1.29, 1.82) is 0 Å². The second-order valence-corrected chi connectivity index (χ2v) is 12.2. The zero-order valence-electron chi connectivity index (χ0n) is 27.5. The van der Waals surface area contributed by atoms with Gasteiger partial charge >= 0.3 is 0 Å². The van der Waals surface area contributed by atoms with E-state index in [0.29, 0.717) is 12.8 Å². The van der Waals surface area contributed by atoms with Crippen LogP contribution in [-0.2, 0) is 30.4 Å². The van der Waals surface area contributed by atoms with Crippen LogP contribution in [0.1, 0.15) is 58.9 Å². The van der Waals surface area contributed by atoms with E-state index in [4.69, 9.17) is 22.9 Å². The summed E-state index contributed by atoms with van der Waals surface area (Å²) in [5.41, 5.74) is 22.5. The van der Waals surface area contributed by atoms with E-state index in [2.05, 4.69) is 36.2 Å². The van der Waals surface area contributed by atoms with Crippen LogP contribution in [0, 0.1) is 5.41 Å². The first kappa shape index (κ1) is 38.0. The number of carbonyl (C=O) groups is 5. The minimum absolute atomic E-state index is 0.0980. The largest absolute Gasteiger partial charge is 0.370 e. The molecule has 0 aliphatic rings. The van der Waals surface area contributed by atoms with Crippen molar-refractivity contribution in [3.63, 3.8) is 0 Å². The molecule has 2 rings (SSSR count). The number of aromatic amines is 1. The number of amides is 4. The maximum absolute atomic E-state index is 13.4. The quantitative estimate of drug-likeness (QED) is 0.0541. The number of H-pyrrole nitrogens is 1. The van der Waals surface area contributed by atoms with Crippen LogP contribution in [0.25, 0.3) is 10.9 Å². The maximum atomic E-state index is 13.4. The predicted molar refractivity (Wildman–Crippen MR) is 181 cm³/mol. The molecule has 1 aromatic heterocycles. The summed E-state index contributed by atoms with van der Waals surface area (Å²) >= 11 is 0. The fourth-order valence-corrected chi connectivity index (χ4v) is 4.85. The van der Waals surface area contributed by atoms with E-state index in [1.54, 1.807) is 20.8 Å². The molecule has 16 nitrogen and oxygen atoms in total. The van der Waals surface area contributed by atoms with Crippen LogP contribution in [0.5, 0.6) is 0 Å². The fraction of sp³-hybridized carbons (Fsp3) is 0.516. The standard InChI is InChI=1S/C31H49N11O5/c1-18(43)40-23(12-8-14-37-30(34)35)28(47)42-22(11-7-13-36-29(32)33)27(46)39-17-25(44)41-24(26(45)31(2,3)4)15-19-16-38-21-10-6-5-9-20(19)21/h5-6,9-10,16,22-24,38H,7-8,11-15,17H2,1-4H3,(H,39,46)(H,40,43)(H,41,44)(H,42,47)(H4,32,33,36)(H4,34,35,37)/t22-,23-,24-/m0/s1. The first-order valence-electron chi connectivity index (χ1n) is 15.4. The van der Waals surface area contributed by atoms with Gasteiger partial charge in [0.05, 0.1) is 12.6 Å². The smallest absolute Gasteiger partial charge is 0.243 e. The van der Waals surface area contributed by atoms with Gasteiger partial charge in [0.15, 0.2) is 17.7 Å². The summed E-state index contributed by atoms with van der Waals surface area (Å²) in [4.78, 5) is 75.7. The average Bonchev–Trinajstić information content (AvgIpc) is 3.39. The Bertz CT molecular complexity index is 1450. The summed E-state index contributed by atoms with van der Waals surface area (Å²) in [6.45, 7) is 6.57. The number of ketones is 1. The summed E-state index contributed by atoms with van der Waals surface area (Å²) in [6, 6.07) is 4.74. The number of fused-ring (bicyclic) bond motifs is 1. The highest BCUT2D eigenvalue weighted by atomic mass is 16.2. The van der Waals surface area contributed by atoms with E-state index in [1.165, 1.54) is 6.92 Å². The SMILES string of the molecule is CC(=O)N[C@@H](CCCN=C(N)N)C(=O)N[C@@H](CCCN=C(N)N)C(=O)NCC(=O)N[C@@H](Cc1c[nH]c2ccccc12)C(=O)C(C)(C)C. The molecule has 0 saturated carbocycles. The van der Waals surface area contributed by atoms with Crippen molar-refractivity contribution in [2.45, 2.75) is 77.9 Å². The van der Waals surface area contributed by atoms with E-state index >= 15 is 0 Å². The number of carbonyl (C=O) groups excluding carboxylic acids is 5. The first-order chi connectivity index (χ1) is 22.1. The highest BCUT2D eigenvalue weighted by molar-refractivity contribution is 5.96. The summed E-state index contributed by atoms with van der Waals surface area (Å²) < 4.78 is 0. The Morgan fingerprint density at radius 2 is 1.38 bits per heavy atom. The Balaban J connectivity index is 2.14. The number of nitrogens with one attached hydrogen (secondary N) is 5. The second-order valence-electron chi connectivity index (χ2n) is 12.2. The minimum Gasteiger partial charge on any atom is -0.370 e. The van der Waals surface area contributed by atoms with Crippen LogP contribution < -0.4 is 44.2 Å². The van der Waals surface area contributed by atoms with Gasteiger partial charge in [-0.05, 0) is 37.3 Å². The zero-order valence-corrected chi connectivity index (χ0v) is 27.5. The van der Waals surface area contributed by atoms with Gasteiger partial charge in [-0.15, -0.1) is 0 Å². The van der Waals surface area contributed by atoms with Crippen molar-refractivity contribution >= 4 is 52.2 Å². The van der Waals surface area contributed by atoms with Gasteiger partial charge in [0.1, 0.15) is 12.1 Å². The molecule has 16 heteroatoms. The molecule has 4 amide bonds. The van der Waals surface area contributed by atoms with Crippen molar-refractivity contribution in [2.75, 3.05) is 19.6 Å². The normalized spacial score (nSPS) is 13.0. The molecule has 258 valence electrons. The molecule has 0 fully saturated rings. The number of guanidine groups is 2. The molecular formula is C31H49N11O5. The lowest BCUT2D eigenvalue weighted by atomic mass is 9.84. The highest BCUT2D eigenvalue weighted by Crippen LogP contribution is 2.23. The Hall–Kier alpha value is -5.15. The van der Waals surface area contributed by atoms with E-state index < -0.39 is 53.7 Å². The topological polar surface area (TPSA) is 278 Å². The molecule has 1 aromatic carbocycles. The second kappa shape index (κ2) is 18.1. The van der Waals surface area contributed by atoms with E-state index in [0.717, 1.165) is 16.5 Å². The lowest BCUT2D eigenvalue weighted by Crippen LogP contribution is -2.55. The number of rotatable bonds is 18. The summed E-state index contributed by atoms with van der Waals surface area (Å²) in [5, 5.41) is 11.5. The zero-order chi connectivity index (χ0) is 35.1. The number of aliphatic imine (C=N–C) groups is 2. The van der Waals surface area contributed by atoms with Gasteiger partial charge in [-0.2, -0.15) is 0 Å². The molecular weight excluding hydrogens is 606 g/mol. The number of hydrogen-bond acceptors (Lipinski definition) is 7. The van der Waals surface area contributed by atoms with Gasteiger partial charge in [-0.3, -0.25) is 34.0 Å². The lowest BCUT2D eigenvalue weighted by Gasteiger charge is -2.26. The van der Waals surface area contributed by atoms with Crippen LogP contribution in [0.2, 0.25) is 0 Å². The van der Waals surface area contributed by atoms with Crippen LogP contribution in [-0.4, -0.2) is 84.1 Å². The van der Waals surface area contributed by atoms with Gasteiger partial charge in [0.25, 0.3) is 0 Å². The van der Waals surface area contributed by atoms with E-state index in [9.17, 15) is 24.0 Å². The number of hydrogen-bond donors (Lipinski definition) is 9. The third-order valence-electron chi connectivity index (χ3n) is 7.13. The summed E-state index contributed by atoms with van der Waals surface area (Å²) in [6.07, 6.45) is 3.09. The Labute approximate surface area is 274 Å². The molecule has 0 bridgehead atoms. The molecule has 1 heterocycles. The average molecular weight is 656 g/mol. The van der Waals surface area contributed by atoms with Crippen LogP contribution >= 0.6 is 0 Å². The summed E-state index contributed by atoms with van der Waals surface area (Å²) in [5.74, 6) is -2.66. The molecule has 0 aliphatic heterocycles. The van der Waals surface area contributed by atoms with Gasteiger partial charge in [-0.1, -0.05) is 39.0 Å². The molecule has 13 N–H and O–H groups in total. The molecule has 0 saturated heterocycles. The Morgan fingerprint density at radius 1 is 0.809 bits per heavy atom. The van der Waals surface area contributed by atoms with E-state index in [-0.39, 0.29) is 50.1 Å². The third-order valence-corrected chi connectivity index (χ3v) is 7.13. The fourth-order valence-electron chi connectivity index (χ4n) is 4.85. The first-order valence-corrected chi connectivity index (χ1v) is 15.4. The number of aromatic nitrogens is 1. The summed E-state index contributed by atoms with van der Waals surface area (Å²) in [7, 11) is 0. The van der Waals surface area contributed by atoms with Crippen LogP contribution in [0.4, 0.5) is 0 Å². The molecule has 0 unspecified atom stereocenters. The van der Waals surface area contributed by atoms with Gasteiger partial charge in [0, 0.05) is 48.9 Å². The predicted octanol–water partition coefficient (Wildman–Crippen LogP) is -0.977. The Morgan fingerprint density at radius 3 is 1.94 bits per heavy atom. The molecule has 2 aromatic rings. The lowest BCUT2D eigenvalue weighted by molar-refractivity contribution is -0.134. The van der Waals surface area contributed by atoms with Gasteiger partial charge < -0.3 is 49.2 Å². The molecule has 0 spiro atoms. The molecule has 3 atom stereocenters. The number of nitrogens with two attached hydrogens (primary N) is 4. The van der Waals surface area contributed by atoms with Gasteiger partial charge in [-0.25, -0.2) is 0 Å². The number of benzene rings is 1. The van der Waals surface area contributed by atoms with Crippen LogP contribution in [0.3, 0.4) is 0 Å². The Kier molecular flexibility index (Phi) is 14.7. The highest BCUT2D eigenvalue weighted by Gasteiger charge is 2.32. The molecule has 47 heavy (non-hydrogen) atoms. The van der Waals surface area contributed by atoms with E-state index in [1.807, 2.05) is 30.5 Å². The van der Waals surface area contributed by atoms with Crippen molar-refractivity contribution < 1.29 is 24.0 Å². The van der Waals surface area contributed by atoms with Crippen molar-refractivity contribution in [3.05, 3.63) is 36.0 Å². The van der Waals surface area contributed by atoms with Crippen molar-refractivity contribution in [3.8, 4) is 0 Å². The third kappa shape index (κ3) is 13.4. The minimum atomic E-state index is -1.09. The number of Topliss-reactive ketones (excluding diaryl/α,β-unsaturated/α-hetero) is 1. The van der Waals surface area contributed by atoms with Crippen molar-refractivity contribution in [1.82, 2.24) is 26.3 Å². The number of nitrogens with zero attached hydrogens (tertiary/aromatic N) is 2. The monoisotopic (exact) mass is 655 g/mol. The van der Waals surface area contributed by atoms with Gasteiger partial charge in [0.2, 0.25) is 23.6 Å². The number of para-hydroxylation sites is 1. The van der Waals surface area contributed by atoms with Crippen LogP contribution in [0.15, 0.2) is 40.4 Å². The maximum Gasteiger partial charge on any atom is 0.243 e. The molecule has 0 radical (unpaired) electrons. The van der Waals surface area contributed by atoms with Crippen molar-refractivity contribution in [2.24, 2.45) is 38.3 Å². The molecule has 0 aliphatic carbocycles.